The molecule has 6 rings (SSSR count). The van der Waals surface area contributed by atoms with E-state index in [1.54, 1.807) is 21.9 Å². The molecule has 0 amide bonds. The predicted octanol–water partition coefficient (Wildman–Crippen LogP) is 8.69. The second kappa shape index (κ2) is 10.8. The summed E-state index contributed by atoms with van der Waals surface area (Å²) in [5.74, 6) is -1.52. The summed E-state index contributed by atoms with van der Waals surface area (Å²) < 4.78 is 31.6. The molecule has 8 nitrogen and oxygen atoms in total. The number of halogens is 4. The maximum atomic E-state index is 15.8. The summed E-state index contributed by atoms with van der Waals surface area (Å²) in [4.78, 5) is 25.5. The Balaban J connectivity index is 1.44. The molecule has 4 aromatic rings. The van der Waals surface area contributed by atoms with E-state index in [-0.39, 0.29) is 32.8 Å². The van der Waals surface area contributed by atoms with Crippen LogP contribution in [0, 0.1) is 31.9 Å². The second-order valence-electron chi connectivity index (χ2n) is 10.3. The number of hydrogen-bond acceptors (Lipinski definition) is 6. The zero-order chi connectivity index (χ0) is 29.7. The summed E-state index contributed by atoms with van der Waals surface area (Å²) in [5.41, 5.74) is 2.51. The fraction of sp³-hybridized carbons (Fsp3) is 0.200. The number of rotatable bonds is 6. The van der Waals surface area contributed by atoms with E-state index >= 15 is 8.78 Å². The van der Waals surface area contributed by atoms with Crippen LogP contribution in [0.1, 0.15) is 47.2 Å². The van der Waals surface area contributed by atoms with Gasteiger partial charge in [0.2, 0.25) is 0 Å². The Morgan fingerprint density at radius 1 is 0.714 bits per heavy atom. The molecule has 0 bridgehead atoms. The zero-order valence-electron chi connectivity index (χ0n) is 21.8. The Morgan fingerprint density at radius 3 is 1.60 bits per heavy atom. The van der Waals surface area contributed by atoms with Crippen LogP contribution in [-0.4, -0.2) is 9.85 Å². The third-order valence-electron chi connectivity index (χ3n) is 7.95. The number of nitrogens with zero attached hydrogens (tertiary/aromatic N) is 4. The molecule has 2 atom stereocenters. The van der Waals surface area contributed by atoms with Gasteiger partial charge in [0, 0.05) is 30.9 Å². The maximum Gasteiger partial charge on any atom is 0.288 e. The van der Waals surface area contributed by atoms with Crippen LogP contribution in [0.25, 0.3) is 0 Å². The lowest BCUT2D eigenvalue weighted by molar-refractivity contribution is -0.384. The molecule has 12 heteroatoms. The van der Waals surface area contributed by atoms with Gasteiger partial charge in [0.1, 0.15) is 15.7 Å². The first-order valence-corrected chi connectivity index (χ1v) is 13.8. The second-order valence-corrected chi connectivity index (χ2v) is 11.1. The topological polar surface area (TPSA) is 92.8 Å². The smallest absolute Gasteiger partial charge is 0.288 e. The first-order valence-electron chi connectivity index (χ1n) is 13.1. The number of benzene rings is 4. The molecular weight excluding hydrogens is 589 g/mol. The summed E-state index contributed by atoms with van der Waals surface area (Å²) in [6.07, 6.45) is 0.901. The summed E-state index contributed by atoms with van der Waals surface area (Å²) in [5, 5.41) is 23.2. The van der Waals surface area contributed by atoms with Crippen molar-refractivity contribution >= 4 is 46.0 Å². The molecule has 2 aliphatic heterocycles. The average Bonchev–Trinajstić information content (AvgIpc) is 3.58. The molecule has 0 radical (unpaired) electrons. The van der Waals surface area contributed by atoms with Gasteiger partial charge in [-0.3, -0.25) is 20.2 Å². The van der Waals surface area contributed by atoms with Gasteiger partial charge in [0.25, 0.3) is 11.4 Å². The zero-order valence-corrected chi connectivity index (χ0v) is 23.4. The van der Waals surface area contributed by atoms with Gasteiger partial charge in [-0.1, -0.05) is 59.6 Å². The standard InChI is InChI=1S/C30H22Cl2F2N4O4/c31-22-7-5-17(11-28(22)37(39)40)26-9-10-27(18-6-8-23(32)29(12-18)38(41)42)36(26)21-13-24(33)30(25(34)14-21)35-15-19-3-1-2-4-20(19)16-35/h1-8,11-14,26-27H,9-10,15-16H2/t26-,27-/m1/s1. The summed E-state index contributed by atoms with van der Waals surface area (Å²) in [7, 11) is 0. The number of hydrogen-bond donors (Lipinski definition) is 0. The summed E-state index contributed by atoms with van der Waals surface area (Å²) >= 11 is 12.1. The molecule has 0 spiro atoms. The van der Waals surface area contributed by atoms with Crippen molar-refractivity contribution in [2.24, 2.45) is 0 Å². The highest BCUT2D eigenvalue weighted by molar-refractivity contribution is 6.33. The predicted molar refractivity (Wildman–Crippen MR) is 156 cm³/mol. The van der Waals surface area contributed by atoms with Crippen LogP contribution in [-0.2, 0) is 13.1 Å². The van der Waals surface area contributed by atoms with Gasteiger partial charge in [-0.15, -0.1) is 0 Å². The van der Waals surface area contributed by atoms with Crippen molar-refractivity contribution in [1.29, 1.82) is 0 Å². The van der Waals surface area contributed by atoms with E-state index in [9.17, 15) is 20.2 Å². The normalized spacial score (nSPS) is 17.9. The fourth-order valence-corrected chi connectivity index (χ4v) is 6.45. The maximum absolute atomic E-state index is 15.8. The van der Waals surface area contributed by atoms with Crippen molar-refractivity contribution in [2.45, 2.75) is 38.0 Å². The lowest BCUT2D eigenvalue weighted by Crippen LogP contribution is -2.27. The third kappa shape index (κ3) is 4.90. The van der Waals surface area contributed by atoms with Gasteiger partial charge in [-0.2, -0.15) is 0 Å². The SMILES string of the molecule is O=[N+]([O-])c1cc([C@H]2CC[C@H](c3ccc(Cl)c([N+](=O)[O-])c3)N2c2cc(F)c(N3Cc4ccccc4C3)c(F)c2)ccc1Cl. The molecule has 1 fully saturated rings. The summed E-state index contributed by atoms with van der Waals surface area (Å²) in [6.45, 7) is 0.725. The highest BCUT2D eigenvalue weighted by Crippen LogP contribution is 2.49. The Hall–Kier alpha value is -4.28. The van der Waals surface area contributed by atoms with Gasteiger partial charge in [-0.05, 0) is 59.4 Å². The van der Waals surface area contributed by atoms with Crippen LogP contribution in [0.5, 0.6) is 0 Å². The van der Waals surface area contributed by atoms with Gasteiger partial charge in [0.05, 0.1) is 21.9 Å². The Kier molecular flexibility index (Phi) is 7.20. The number of nitro groups is 2. The molecule has 0 aromatic heterocycles. The van der Waals surface area contributed by atoms with Crippen molar-refractivity contribution in [3.63, 3.8) is 0 Å². The quantitative estimate of drug-likeness (QED) is 0.160. The van der Waals surface area contributed by atoms with Crippen LogP contribution in [0.15, 0.2) is 72.8 Å². The Morgan fingerprint density at radius 2 is 1.17 bits per heavy atom. The molecular formula is C30H22Cl2F2N4O4. The lowest BCUT2D eigenvalue weighted by atomic mass is 10.0. The Labute approximate surface area is 249 Å². The molecule has 42 heavy (non-hydrogen) atoms. The van der Waals surface area contributed by atoms with E-state index in [1.807, 2.05) is 24.3 Å². The number of anilines is 2. The lowest BCUT2D eigenvalue weighted by Gasteiger charge is -2.34. The van der Waals surface area contributed by atoms with E-state index in [1.165, 1.54) is 36.4 Å². The van der Waals surface area contributed by atoms with Crippen LogP contribution < -0.4 is 9.80 Å². The number of nitro benzene ring substituents is 2. The van der Waals surface area contributed by atoms with E-state index in [4.69, 9.17) is 23.2 Å². The minimum atomic E-state index is -0.758. The molecule has 2 heterocycles. The Bertz CT molecular complexity index is 1640. The highest BCUT2D eigenvalue weighted by Gasteiger charge is 2.38. The minimum absolute atomic E-state index is 0.0359. The largest absolute Gasteiger partial charge is 0.358 e. The molecule has 0 aliphatic carbocycles. The summed E-state index contributed by atoms with van der Waals surface area (Å²) in [6, 6.07) is 17.9. The van der Waals surface area contributed by atoms with Crippen LogP contribution >= 0.6 is 23.2 Å². The molecule has 0 N–H and O–H groups in total. The van der Waals surface area contributed by atoms with Crippen LogP contribution in [0.4, 0.5) is 31.5 Å². The van der Waals surface area contributed by atoms with Crippen molar-refractivity contribution < 1.29 is 18.6 Å². The molecule has 0 unspecified atom stereocenters. The van der Waals surface area contributed by atoms with Gasteiger partial charge in [0.15, 0.2) is 11.6 Å². The van der Waals surface area contributed by atoms with E-state index in [2.05, 4.69) is 0 Å². The van der Waals surface area contributed by atoms with Crippen molar-refractivity contribution in [3.05, 3.63) is 137 Å². The third-order valence-corrected chi connectivity index (χ3v) is 8.58. The van der Waals surface area contributed by atoms with E-state index < -0.39 is 33.6 Å². The van der Waals surface area contributed by atoms with Crippen molar-refractivity contribution in [1.82, 2.24) is 0 Å². The van der Waals surface area contributed by atoms with Gasteiger partial charge < -0.3 is 9.80 Å². The van der Waals surface area contributed by atoms with Gasteiger partial charge in [-0.25, -0.2) is 8.78 Å². The molecule has 214 valence electrons. The first-order chi connectivity index (χ1) is 20.1. The number of fused-ring (bicyclic) bond motifs is 1. The molecule has 2 aliphatic rings. The van der Waals surface area contributed by atoms with Crippen molar-refractivity contribution in [3.8, 4) is 0 Å². The average molecular weight is 611 g/mol. The van der Waals surface area contributed by atoms with Crippen molar-refractivity contribution in [2.75, 3.05) is 9.80 Å². The highest BCUT2D eigenvalue weighted by atomic mass is 35.5. The van der Waals surface area contributed by atoms with Crippen LogP contribution in [0.3, 0.4) is 0 Å². The molecule has 4 aromatic carbocycles. The van der Waals surface area contributed by atoms with E-state index in [0.29, 0.717) is 37.1 Å². The van der Waals surface area contributed by atoms with Crippen LogP contribution in [0.2, 0.25) is 10.0 Å². The first kappa shape index (κ1) is 27.9. The molecule has 0 saturated carbocycles. The fourth-order valence-electron chi connectivity index (χ4n) is 6.07. The monoisotopic (exact) mass is 610 g/mol. The van der Waals surface area contributed by atoms with Gasteiger partial charge >= 0.3 is 0 Å². The molecule has 1 saturated heterocycles. The minimum Gasteiger partial charge on any atom is -0.358 e. The van der Waals surface area contributed by atoms with E-state index in [0.717, 1.165) is 11.1 Å².